The SMILES string of the molecule is [2H]C([2H])(C[C@H](NC(=O)OCC1c2ccccc2-c2ccccc21)C(=O)O)C(N)=O. The number of fused-ring (bicyclic) bond motifs is 3. The number of aliphatic carboxylic acids is 1. The number of alkyl carbamates (subject to hydrolysis) is 1. The van der Waals surface area contributed by atoms with Gasteiger partial charge < -0.3 is 20.9 Å². The summed E-state index contributed by atoms with van der Waals surface area (Å²) in [5.41, 5.74) is 9.04. The summed E-state index contributed by atoms with van der Waals surface area (Å²) < 4.78 is 20.2. The average Bonchev–Trinajstić information content (AvgIpc) is 2.99. The van der Waals surface area contributed by atoms with Crippen LogP contribution in [0.2, 0.25) is 0 Å². The second-order valence-corrected chi connectivity index (χ2v) is 6.11. The summed E-state index contributed by atoms with van der Waals surface area (Å²) in [6, 6.07) is 13.8. The first-order valence-electron chi connectivity index (χ1n) is 9.35. The third-order valence-electron chi connectivity index (χ3n) is 4.41. The lowest BCUT2D eigenvalue weighted by Crippen LogP contribution is -2.42. The van der Waals surface area contributed by atoms with E-state index >= 15 is 0 Å². The highest BCUT2D eigenvalue weighted by Gasteiger charge is 2.29. The predicted octanol–water partition coefficient (Wildman–Crippen LogP) is 2.24. The molecule has 2 aromatic rings. The van der Waals surface area contributed by atoms with Crippen LogP contribution in [0.15, 0.2) is 48.5 Å². The molecule has 1 aliphatic carbocycles. The predicted molar refractivity (Wildman–Crippen MR) is 98.1 cm³/mol. The number of amides is 2. The number of hydrogen-bond acceptors (Lipinski definition) is 4. The zero-order valence-electron chi connectivity index (χ0n) is 16.3. The van der Waals surface area contributed by atoms with Crippen molar-refractivity contribution in [2.24, 2.45) is 5.73 Å². The Labute approximate surface area is 158 Å². The van der Waals surface area contributed by atoms with Gasteiger partial charge >= 0.3 is 12.1 Å². The highest BCUT2D eigenvalue weighted by Crippen LogP contribution is 2.44. The molecule has 0 saturated carbocycles. The van der Waals surface area contributed by atoms with Crippen LogP contribution in [-0.4, -0.2) is 35.7 Å². The number of nitrogens with one attached hydrogen (secondary N) is 1. The number of nitrogens with two attached hydrogens (primary N) is 1. The third kappa shape index (κ3) is 4.08. The summed E-state index contributed by atoms with van der Waals surface area (Å²) in [5.74, 6) is -3.00. The largest absolute Gasteiger partial charge is 0.480 e. The quantitative estimate of drug-likeness (QED) is 0.691. The zero-order valence-corrected chi connectivity index (χ0v) is 14.3. The molecule has 0 aromatic heterocycles. The summed E-state index contributed by atoms with van der Waals surface area (Å²) >= 11 is 0. The van der Waals surface area contributed by atoms with Gasteiger partial charge in [-0.25, -0.2) is 9.59 Å². The molecule has 4 N–H and O–H groups in total. The fourth-order valence-corrected chi connectivity index (χ4v) is 3.19. The number of hydrogen-bond donors (Lipinski definition) is 3. The van der Waals surface area contributed by atoms with Crippen molar-refractivity contribution in [3.8, 4) is 11.1 Å². The van der Waals surface area contributed by atoms with Gasteiger partial charge in [0, 0.05) is 15.0 Å². The molecular weight excluding hydrogens is 348 g/mol. The normalized spacial score (nSPS) is 15.0. The summed E-state index contributed by atoms with van der Waals surface area (Å²) in [6.07, 6.45) is -4.40. The van der Waals surface area contributed by atoms with Crippen molar-refractivity contribution in [1.82, 2.24) is 5.32 Å². The molecule has 0 unspecified atom stereocenters. The molecule has 0 aliphatic heterocycles. The standard InChI is InChI=1S/C20H20N2O5/c21-18(23)10-9-17(19(24)25)22-20(26)27-11-16-14-7-3-1-5-12(14)13-6-2-4-8-15(13)16/h1-8,16-17H,9-11H2,(H2,21,23)(H,22,26)(H,24,25)/t17-/m0/s1/i10D2. The minimum absolute atomic E-state index is 0.0189. The fraction of sp³-hybridized carbons (Fsp3) is 0.250. The van der Waals surface area contributed by atoms with E-state index in [2.05, 4.69) is 5.32 Å². The van der Waals surface area contributed by atoms with Crippen molar-refractivity contribution in [3.63, 3.8) is 0 Å². The van der Waals surface area contributed by atoms with Crippen molar-refractivity contribution in [3.05, 3.63) is 59.7 Å². The van der Waals surface area contributed by atoms with Crippen LogP contribution in [0.4, 0.5) is 4.79 Å². The highest BCUT2D eigenvalue weighted by atomic mass is 16.5. The van der Waals surface area contributed by atoms with Crippen molar-refractivity contribution >= 4 is 18.0 Å². The van der Waals surface area contributed by atoms with Gasteiger partial charge in [0.1, 0.15) is 12.6 Å². The molecule has 0 saturated heterocycles. The van der Waals surface area contributed by atoms with Crippen LogP contribution in [0.1, 0.15) is 32.6 Å². The number of rotatable bonds is 7. The van der Waals surface area contributed by atoms with E-state index in [1.807, 2.05) is 48.5 Å². The Morgan fingerprint density at radius 2 is 1.67 bits per heavy atom. The van der Waals surface area contributed by atoms with Gasteiger partial charge in [0.2, 0.25) is 5.91 Å². The Hall–Kier alpha value is -3.35. The smallest absolute Gasteiger partial charge is 0.407 e. The van der Waals surface area contributed by atoms with Crippen LogP contribution in [0.3, 0.4) is 0 Å². The van der Waals surface area contributed by atoms with Gasteiger partial charge in [-0.05, 0) is 28.7 Å². The Balaban J connectivity index is 1.69. The van der Waals surface area contributed by atoms with Crippen LogP contribution in [0, 0.1) is 0 Å². The molecule has 3 rings (SSSR count). The molecule has 0 fully saturated rings. The maximum Gasteiger partial charge on any atom is 0.407 e. The lowest BCUT2D eigenvalue weighted by atomic mass is 9.98. The molecule has 0 radical (unpaired) electrons. The lowest BCUT2D eigenvalue weighted by molar-refractivity contribution is -0.139. The van der Waals surface area contributed by atoms with Gasteiger partial charge in [-0.1, -0.05) is 48.5 Å². The number of primary amides is 1. The van der Waals surface area contributed by atoms with Crippen LogP contribution >= 0.6 is 0 Å². The van der Waals surface area contributed by atoms with Gasteiger partial charge in [0.25, 0.3) is 0 Å². The molecule has 0 heterocycles. The molecule has 2 aromatic carbocycles. The van der Waals surface area contributed by atoms with Crippen molar-refractivity contribution in [1.29, 1.82) is 0 Å². The first-order chi connectivity index (χ1) is 13.7. The third-order valence-corrected chi connectivity index (χ3v) is 4.41. The summed E-state index contributed by atoms with van der Waals surface area (Å²) in [4.78, 5) is 34.6. The fourth-order valence-electron chi connectivity index (χ4n) is 3.19. The van der Waals surface area contributed by atoms with Crippen LogP contribution in [-0.2, 0) is 14.3 Å². The van der Waals surface area contributed by atoms with E-state index < -0.39 is 36.8 Å². The summed E-state index contributed by atoms with van der Waals surface area (Å²) in [6.45, 7) is -0.0189. The molecule has 27 heavy (non-hydrogen) atoms. The number of benzene rings is 2. The number of carboxylic acids is 1. The second kappa shape index (κ2) is 7.90. The van der Waals surface area contributed by atoms with Gasteiger partial charge in [0.15, 0.2) is 0 Å². The van der Waals surface area contributed by atoms with Gasteiger partial charge in [0.05, 0.1) is 0 Å². The van der Waals surface area contributed by atoms with E-state index in [-0.39, 0.29) is 12.5 Å². The van der Waals surface area contributed by atoms with Crippen molar-refractivity contribution < 1.29 is 27.0 Å². The molecule has 7 nitrogen and oxygen atoms in total. The lowest BCUT2D eigenvalue weighted by Gasteiger charge is -2.17. The Kier molecular flexibility index (Phi) is 4.65. The average molecular weight is 370 g/mol. The minimum atomic E-state index is -2.58. The maximum atomic E-state index is 12.2. The van der Waals surface area contributed by atoms with Crippen molar-refractivity contribution in [2.75, 3.05) is 6.61 Å². The molecule has 0 bridgehead atoms. The van der Waals surface area contributed by atoms with Gasteiger partial charge in [-0.3, -0.25) is 4.79 Å². The number of ether oxygens (including phenoxy) is 1. The summed E-state index contributed by atoms with van der Waals surface area (Å²) in [5, 5.41) is 11.3. The Morgan fingerprint density at radius 3 is 2.19 bits per heavy atom. The molecule has 1 aliphatic rings. The molecular formula is C20H20N2O5. The molecule has 0 spiro atoms. The monoisotopic (exact) mass is 370 g/mol. The van der Waals surface area contributed by atoms with Crippen LogP contribution < -0.4 is 11.1 Å². The van der Waals surface area contributed by atoms with E-state index in [4.69, 9.17) is 13.2 Å². The van der Waals surface area contributed by atoms with E-state index in [9.17, 15) is 19.5 Å². The van der Waals surface area contributed by atoms with Crippen molar-refractivity contribution in [2.45, 2.75) is 24.8 Å². The summed E-state index contributed by atoms with van der Waals surface area (Å²) in [7, 11) is 0. The van der Waals surface area contributed by atoms with Crippen LogP contribution in [0.25, 0.3) is 11.1 Å². The number of carbonyl (C=O) groups is 3. The van der Waals surface area contributed by atoms with Gasteiger partial charge in [-0.2, -0.15) is 0 Å². The molecule has 140 valence electrons. The maximum absolute atomic E-state index is 12.2. The molecule has 7 heteroatoms. The van der Waals surface area contributed by atoms with Gasteiger partial charge in [-0.15, -0.1) is 0 Å². The van der Waals surface area contributed by atoms with E-state index in [1.165, 1.54) is 0 Å². The minimum Gasteiger partial charge on any atom is -0.480 e. The Morgan fingerprint density at radius 1 is 1.11 bits per heavy atom. The number of carbonyl (C=O) groups excluding carboxylic acids is 2. The van der Waals surface area contributed by atoms with Crippen LogP contribution in [0.5, 0.6) is 0 Å². The van der Waals surface area contributed by atoms with E-state index in [0.29, 0.717) is 0 Å². The van der Waals surface area contributed by atoms with E-state index in [0.717, 1.165) is 22.3 Å². The number of carboxylic acid groups (broad SMARTS) is 1. The zero-order chi connectivity index (χ0) is 21.2. The highest BCUT2D eigenvalue weighted by molar-refractivity contribution is 5.82. The first-order valence-corrected chi connectivity index (χ1v) is 8.35. The second-order valence-electron chi connectivity index (χ2n) is 6.11. The topological polar surface area (TPSA) is 119 Å². The molecule has 1 atom stereocenters. The Bertz CT molecular complexity index is 918. The van der Waals surface area contributed by atoms with E-state index in [1.54, 1.807) is 0 Å². The molecule has 2 amide bonds. The first kappa shape index (κ1) is 15.9.